The molecule has 0 unspecified atom stereocenters. The van der Waals surface area contributed by atoms with Crippen LogP contribution in [0, 0.1) is 0 Å². The first kappa shape index (κ1) is 16.8. The molecule has 21 heavy (non-hydrogen) atoms. The van der Waals surface area contributed by atoms with Gasteiger partial charge < -0.3 is 4.74 Å². The predicted molar refractivity (Wildman–Crippen MR) is 93.3 cm³/mol. The first-order valence-electron chi connectivity index (χ1n) is 5.65. The zero-order valence-corrected chi connectivity index (χ0v) is 16.3. The van der Waals surface area contributed by atoms with Gasteiger partial charge in [-0.1, -0.05) is 15.9 Å². The topological polar surface area (TPSA) is 55.4 Å². The molecule has 2 rings (SSSR count). The summed E-state index contributed by atoms with van der Waals surface area (Å²) in [5, 5.41) is 0. The van der Waals surface area contributed by atoms with Gasteiger partial charge in [-0.05, 0) is 62.2 Å². The highest BCUT2D eigenvalue weighted by atomic mass is 79.9. The van der Waals surface area contributed by atoms with Crippen LogP contribution < -0.4 is 9.46 Å². The molecule has 4 nitrogen and oxygen atoms in total. The Labute approximate surface area is 148 Å². The molecule has 0 radical (unpaired) electrons. The van der Waals surface area contributed by atoms with Crippen molar-refractivity contribution < 1.29 is 13.2 Å². The van der Waals surface area contributed by atoms with Crippen molar-refractivity contribution >= 4 is 63.5 Å². The third-order valence-corrected chi connectivity index (χ3v) is 6.09. The SMILES string of the molecule is COc1cc(NS(=O)(=O)c2ccc(Br)cc2Br)ccc1Br. The largest absolute Gasteiger partial charge is 0.495 e. The van der Waals surface area contributed by atoms with E-state index in [1.54, 1.807) is 30.3 Å². The Balaban J connectivity index is 2.37. The van der Waals surface area contributed by atoms with Crippen molar-refractivity contribution in [2.75, 3.05) is 11.8 Å². The van der Waals surface area contributed by atoms with Gasteiger partial charge in [-0.2, -0.15) is 0 Å². The van der Waals surface area contributed by atoms with Crippen LogP contribution in [0.4, 0.5) is 5.69 Å². The third kappa shape index (κ3) is 4.00. The smallest absolute Gasteiger partial charge is 0.263 e. The van der Waals surface area contributed by atoms with Gasteiger partial charge in [0.15, 0.2) is 0 Å². The summed E-state index contributed by atoms with van der Waals surface area (Å²) < 4.78 is 34.5. The molecule has 0 amide bonds. The Morgan fingerprint density at radius 1 is 1.00 bits per heavy atom. The van der Waals surface area contributed by atoms with Crippen LogP contribution in [0.5, 0.6) is 5.75 Å². The molecular formula is C13H10Br3NO3S. The van der Waals surface area contributed by atoms with E-state index < -0.39 is 10.0 Å². The number of hydrogen-bond donors (Lipinski definition) is 1. The van der Waals surface area contributed by atoms with Gasteiger partial charge >= 0.3 is 0 Å². The highest BCUT2D eigenvalue weighted by molar-refractivity contribution is 9.11. The second-order valence-corrected chi connectivity index (χ2v) is 8.30. The van der Waals surface area contributed by atoms with Crippen LogP contribution >= 0.6 is 47.8 Å². The molecule has 0 atom stereocenters. The van der Waals surface area contributed by atoms with Crippen LogP contribution in [0.25, 0.3) is 0 Å². The molecule has 2 aromatic carbocycles. The van der Waals surface area contributed by atoms with Crippen LogP contribution in [0.3, 0.4) is 0 Å². The van der Waals surface area contributed by atoms with Gasteiger partial charge in [-0.25, -0.2) is 8.42 Å². The number of hydrogen-bond acceptors (Lipinski definition) is 3. The first-order chi connectivity index (χ1) is 9.83. The number of methoxy groups -OCH3 is 1. The molecule has 0 aromatic heterocycles. The number of sulfonamides is 1. The van der Waals surface area contributed by atoms with E-state index >= 15 is 0 Å². The summed E-state index contributed by atoms with van der Waals surface area (Å²) in [6, 6.07) is 9.84. The lowest BCUT2D eigenvalue weighted by molar-refractivity contribution is 0.412. The van der Waals surface area contributed by atoms with Crippen LogP contribution in [0.1, 0.15) is 0 Å². The fraction of sp³-hybridized carbons (Fsp3) is 0.0769. The van der Waals surface area contributed by atoms with Gasteiger partial charge in [-0.15, -0.1) is 0 Å². The molecule has 0 spiro atoms. The lowest BCUT2D eigenvalue weighted by atomic mass is 10.3. The molecule has 0 fully saturated rings. The fourth-order valence-corrected chi connectivity index (χ4v) is 4.83. The minimum absolute atomic E-state index is 0.160. The number of nitrogens with one attached hydrogen (secondary N) is 1. The van der Waals surface area contributed by atoms with E-state index in [4.69, 9.17) is 4.74 Å². The molecule has 0 saturated carbocycles. The van der Waals surface area contributed by atoms with Crippen LogP contribution in [-0.4, -0.2) is 15.5 Å². The van der Waals surface area contributed by atoms with Crippen molar-refractivity contribution in [2.24, 2.45) is 0 Å². The molecule has 0 aliphatic heterocycles. The lowest BCUT2D eigenvalue weighted by Crippen LogP contribution is -2.13. The molecule has 0 heterocycles. The summed E-state index contributed by atoms with van der Waals surface area (Å²) >= 11 is 9.86. The number of benzene rings is 2. The van der Waals surface area contributed by atoms with E-state index in [-0.39, 0.29) is 4.90 Å². The molecule has 1 N–H and O–H groups in total. The van der Waals surface area contributed by atoms with Gasteiger partial charge in [-0.3, -0.25) is 4.72 Å². The highest BCUT2D eigenvalue weighted by Crippen LogP contribution is 2.31. The second kappa shape index (κ2) is 6.68. The van der Waals surface area contributed by atoms with E-state index in [1.807, 2.05) is 0 Å². The number of ether oxygens (including phenoxy) is 1. The van der Waals surface area contributed by atoms with Crippen LogP contribution in [0.15, 0.2) is 54.7 Å². The average Bonchev–Trinajstić information content (AvgIpc) is 2.40. The van der Waals surface area contributed by atoms with Gasteiger partial charge in [0.05, 0.1) is 17.3 Å². The summed E-state index contributed by atoms with van der Waals surface area (Å²) in [4.78, 5) is 0.160. The minimum atomic E-state index is -3.69. The van der Waals surface area contributed by atoms with Crippen molar-refractivity contribution in [1.82, 2.24) is 0 Å². The zero-order chi connectivity index (χ0) is 15.6. The number of halogens is 3. The quantitative estimate of drug-likeness (QED) is 0.658. The standard InChI is InChI=1S/C13H10Br3NO3S/c1-20-12-7-9(3-4-10(12)15)17-21(18,19)13-5-2-8(14)6-11(13)16/h2-7,17H,1H3. The fourth-order valence-electron chi connectivity index (χ4n) is 1.63. The summed E-state index contributed by atoms with van der Waals surface area (Å²) in [6.07, 6.45) is 0. The van der Waals surface area contributed by atoms with E-state index in [1.165, 1.54) is 13.2 Å². The molecule has 112 valence electrons. The molecule has 0 bridgehead atoms. The zero-order valence-electron chi connectivity index (χ0n) is 10.7. The second-order valence-electron chi connectivity index (χ2n) is 4.03. The number of rotatable bonds is 4. The molecule has 0 aliphatic carbocycles. The van der Waals surface area contributed by atoms with E-state index in [2.05, 4.69) is 52.5 Å². The maximum Gasteiger partial charge on any atom is 0.263 e. The Hall–Kier alpha value is -0.570. The molecule has 2 aromatic rings. The Morgan fingerprint density at radius 3 is 2.33 bits per heavy atom. The van der Waals surface area contributed by atoms with Crippen molar-refractivity contribution in [2.45, 2.75) is 4.90 Å². The van der Waals surface area contributed by atoms with E-state index in [9.17, 15) is 8.42 Å². The Bertz CT molecular complexity index is 778. The minimum Gasteiger partial charge on any atom is -0.495 e. The molecule has 8 heteroatoms. The van der Waals surface area contributed by atoms with Gasteiger partial charge in [0.25, 0.3) is 10.0 Å². The predicted octanol–water partition coefficient (Wildman–Crippen LogP) is 4.78. The van der Waals surface area contributed by atoms with Crippen molar-refractivity contribution in [3.8, 4) is 5.75 Å². The van der Waals surface area contributed by atoms with Crippen LogP contribution in [-0.2, 0) is 10.0 Å². The van der Waals surface area contributed by atoms with Gasteiger partial charge in [0.1, 0.15) is 10.6 Å². The van der Waals surface area contributed by atoms with Crippen LogP contribution in [0.2, 0.25) is 0 Å². The van der Waals surface area contributed by atoms with Gasteiger partial charge in [0.2, 0.25) is 0 Å². The summed E-state index contributed by atoms with van der Waals surface area (Å²) in [5.41, 5.74) is 0.421. The molecular weight excluding hydrogens is 490 g/mol. The average molecular weight is 500 g/mol. The summed E-state index contributed by atoms with van der Waals surface area (Å²) in [5.74, 6) is 0.546. The van der Waals surface area contributed by atoms with Crippen molar-refractivity contribution in [1.29, 1.82) is 0 Å². The summed E-state index contributed by atoms with van der Waals surface area (Å²) in [7, 11) is -2.17. The van der Waals surface area contributed by atoms with E-state index in [0.29, 0.717) is 15.9 Å². The highest BCUT2D eigenvalue weighted by Gasteiger charge is 2.18. The van der Waals surface area contributed by atoms with E-state index in [0.717, 1.165) is 8.95 Å². The normalized spacial score (nSPS) is 11.2. The third-order valence-electron chi connectivity index (χ3n) is 2.59. The monoisotopic (exact) mass is 497 g/mol. The molecule has 0 aliphatic rings. The first-order valence-corrected chi connectivity index (χ1v) is 9.51. The summed E-state index contributed by atoms with van der Waals surface area (Å²) in [6.45, 7) is 0. The maximum atomic E-state index is 12.4. The number of anilines is 1. The molecule has 0 saturated heterocycles. The Morgan fingerprint density at radius 2 is 1.71 bits per heavy atom. The maximum absolute atomic E-state index is 12.4. The lowest BCUT2D eigenvalue weighted by Gasteiger charge is -2.11. The van der Waals surface area contributed by atoms with Crippen molar-refractivity contribution in [3.05, 3.63) is 49.8 Å². The van der Waals surface area contributed by atoms with Gasteiger partial charge in [0, 0.05) is 15.0 Å². The van der Waals surface area contributed by atoms with Crippen molar-refractivity contribution in [3.63, 3.8) is 0 Å². The Kier molecular flexibility index (Phi) is 5.34.